The number of benzene rings is 1. The number of hydrogen-bond acceptors (Lipinski definition) is 5. The number of azide groups is 1. The maximum absolute atomic E-state index is 13.0. The Hall–Kier alpha value is -3.58. The molecule has 31 heavy (non-hydrogen) atoms. The fourth-order valence-corrected chi connectivity index (χ4v) is 4.12. The second kappa shape index (κ2) is 8.28. The zero-order valence-electron chi connectivity index (χ0n) is 17.8. The summed E-state index contributed by atoms with van der Waals surface area (Å²) in [5.74, 6) is -0.00365. The van der Waals surface area contributed by atoms with Crippen molar-refractivity contribution in [1.29, 1.82) is 0 Å². The van der Waals surface area contributed by atoms with E-state index in [4.69, 9.17) is 10.3 Å². The van der Waals surface area contributed by atoms with E-state index in [1.165, 1.54) is 18.9 Å². The SMILES string of the molecule is CCOC(=O)/C(=C/c1cncn1-c1cc(C)c2c(c1)CN([C@@H](C)C1CC1)C2=O)N=[N+]=[N-]. The van der Waals surface area contributed by atoms with Gasteiger partial charge in [0.25, 0.3) is 5.91 Å². The van der Waals surface area contributed by atoms with Crippen molar-refractivity contribution in [1.82, 2.24) is 14.5 Å². The van der Waals surface area contributed by atoms with E-state index in [0.717, 1.165) is 22.4 Å². The number of rotatable bonds is 7. The van der Waals surface area contributed by atoms with Gasteiger partial charge in [-0.2, -0.15) is 0 Å². The summed E-state index contributed by atoms with van der Waals surface area (Å²) in [5.41, 5.74) is 12.7. The van der Waals surface area contributed by atoms with Gasteiger partial charge in [-0.05, 0) is 74.4 Å². The minimum atomic E-state index is -0.700. The second-order valence-electron chi connectivity index (χ2n) is 7.94. The van der Waals surface area contributed by atoms with E-state index in [2.05, 4.69) is 21.9 Å². The molecule has 1 aliphatic heterocycles. The number of esters is 1. The number of carbonyl (C=O) groups excluding carboxylic acids is 2. The number of aryl methyl sites for hydroxylation is 1. The zero-order chi connectivity index (χ0) is 22.1. The number of fused-ring (bicyclic) bond motifs is 1. The van der Waals surface area contributed by atoms with Crippen LogP contribution >= 0.6 is 0 Å². The molecule has 1 fully saturated rings. The first-order chi connectivity index (χ1) is 14.9. The highest BCUT2D eigenvalue weighted by Gasteiger charge is 2.39. The lowest BCUT2D eigenvalue weighted by Crippen LogP contribution is -2.34. The smallest absolute Gasteiger partial charge is 0.340 e. The van der Waals surface area contributed by atoms with Crippen molar-refractivity contribution >= 4 is 18.0 Å². The van der Waals surface area contributed by atoms with Gasteiger partial charge in [0.15, 0.2) is 0 Å². The molecule has 1 aliphatic carbocycles. The van der Waals surface area contributed by atoms with Crippen molar-refractivity contribution in [3.05, 3.63) is 63.2 Å². The first kappa shape index (κ1) is 20.7. The largest absolute Gasteiger partial charge is 0.462 e. The van der Waals surface area contributed by atoms with E-state index < -0.39 is 5.97 Å². The van der Waals surface area contributed by atoms with E-state index in [-0.39, 0.29) is 24.3 Å². The van der Waals surface area contributed by atoms with Gasteiger partial charge in [0, 0.05) is 28.7 Å². The molecule has 1 aromatic carbocycles. The molecule has 0 spiro atoms. The van der Waals surface area contributed by atoms with E-state index in [0.29, 0.717) is 18.2 Å². The minimum absolute atomic E-state index is 0.0946. The standard InChI is InChI=1S/C22H24N6O3/c1-4-31-22(30)19(25-26-23)9-18-10-24-12-28(18)17-7-13(2)20-16(8-17)11-27(21(20)29)14(3)15-5-6-15/h7-10,12,14-15H,4-6,11H2,1-3H3/b19-9-/t14-/m0/s1. The van der Waals surface area contributed by atoms with E-state index in [1.807, 2.05) is 24.0 Å². The van der Waals surface area contributed by atoms with Gasteiger partial charge >= 0.3 is 5.97 Å². The summed E-state index contributed by atoms with van der Waals surface area (Å²) in [6.45, 7) is 6.50. The molecule has 4 rings (SSSR count). The van der Waals surface area contributed by atoms with Crippen molar-refractivity contribution in [2.45, 2.75) is 46.2 Å². The molecule has 1 atom stereocenters. The Morgan fingerprint density at radius 2 is 2.23 bits per heavy atom. The van der Waals surface area contributed by atoms with Crippen molar-refractivity contribution in [2.24, 2.45) is 11.0 Å². The van der Waals surface area contributed by atoms with Crippen molar-refractivity contribution < 1.29 is 14.3 Å². The first-order valence-electron chi connectivity index (χ1n) is 10.4. The van der Waals surface area contributed by atoms with Crippen LogP contribution < -0.4 is 0 Å². The molecular weight excluding hydrogens is 396 g/mol. The molecule has 0 bridgehead atoms. The summed E-state index contributed by atoms with van der Waals surface area (Å²) in [4.78, 5) is 34.0. The van der Waals surface area contributed by atoms with Gasteiger partial charge < -0.3 is 9.64 Å². The summed E-state index contributed by atoms with van der Waals surface area (Å²) in [6.07, 6.45) is 7.00. The van der Waals surface area contributed by atoms with Crippen LogP contribution in [-0.2, 0) is 16.1 Å². The molecule has 160 valence electrons. The summed E-state index contributed by atoms with van der Waals surface area (Å²) in [6, 6.07) is 4.15. The van der Waals surface area contributed by atoms with Crippen LogP contribution in [0, 0.1) is 12.8 Å². The number of ether oxygens (including phenoxy) is 1. The van der Waals surface area contributed by atoms with Gasteiger partial charge in [-0.3, -0.25) is 9.36 Å². The average molecular weight is 420 g/mol. The highest BCUT2D eigenvalue weighted by molar-refractivity contribution is 6.00. The molecule has 1 aromatic heterocycles. The maximum atomic E-state index is 13.0. The normalized spacial score (nSPS) is 16.7. The molecule has 9 nitrogen and oxygen atoms in total. The summed E-state index contributed by atoms with van der Waals surface area (Å²) >= 11 is 0. The summed E-state index contributed by atoms with van der Waals surface area (Å²) in [7, 11) is 0. The Balaban J connectivity index is 1.70. The predicted molar refractivity (Wildman–Crippen MR) is 114 cm³/mol. The lowest BCUT2D eigenvalue weighted by molar-refractivity contribution is -0.138. The van der Waals surface area contributed by atoms with Crippen LogP contribution in [0.5, 0.6) is 0 Å². The molecule has 2 heterocycles. The van der Waals surface area contributed by atoms with Crippen LogP contribution in [0.15, 0.2) is 35.5 Å². The van der Waals surface area contributed by atoms with Gasteiger partial charge in [-0.25, -0.2) is 9.78 Å². The topological polar surface area (TPSA) is 113 Å². The molecule has 1 amide bonds. The molecule has 0 radical (unpaired) electrons. The number of imidazole rings is 1. The van der Waals surface area contributed by atoms with Gasteiger partial charge in [-0.15, -0.1) is 0 Å². The highest BCUT2D eigenvalue weighted by Crippen LogP contribution is 2.39. The van der Waals surface area contributed by atoms with Crippen LogP contribution in [0.1, 0.15) is 53.9 Å². The number of nitrogens with zero attached hydrogens (tertiary/aromatic N) is 6. The molecule has 1 saturated carbocycles. The monoisotopic (exact) mass is 420 g/mol. The molecule has 9 heteroatoms. The number of amides is 1. The molecule has 2 aliphatic rings. The minimum Gasteiger partial charge on any atom is -0.462 e. The van der Waals surface area contributed by atoms with Crippen LogP contribution in [0.2, 0.25) is 0 Å². The van der Waals surface area contributed by atoms with Gasteiger partial charge in [0.2, 0.25) is 0 Å². The third-order valence-corrected chi connectivity index (χ3v) is 5.88. The Morgan fingerprint density at radius 3 is 2.90 bits per heavy atom. The summed E-state index contributed by atoms with van der Waals surface area (Å²) in [5, 5.41) is 3.46. The third-order valence-electron chi connectivity index (χ3n) is 5.88. The van der Waals surface area contributed by atoms with Gasteiger partial charge in [0.1, 0.15) is 5.70 Å². The highest BCUT2D eigenvalue weighted by atomic mass is 16.5. The molecule has 0 N–H and O–H groups in total. The lowest BCUT2D eigenvalue weighted by Gasteiger charge is -2.24. The first-order valence-corrected chi connectivity index (χ1v) is 10.4. The third kappa shape index (κ3) is 3.92. The Bertz CT molecular complexity index is 1120. The fourth-order valence-electron chi connectivity index (χ4n) is 4.12. The van der Waals surface area contributed by atoms with E-state index >= 15 is 0 Å². The Labute approximate surface area is 180 Å². The molecule has 2 aromatic rings. The number of hydrogen-bond donors (Lipinski definition) is 0. The van der Waals surface area contributed by atoms with Crippen LogP contribution in [-0.4, -0.2) is 39.0 Å². The Morgan fingerprint density at radius 1 is 1.45 bits per heavy atom. The molecule has 0 saturated heterocycles. The van der Waals surface area contributed by atoms with Crippen molar-refractivity contribution in [3.63, 3.8) is 0 Å². The fraction of sp³-hybridized carbons (Fsp3) is 0.409. The average Bonchev–Trinajstić information content (AvgIpc) is 3.40. The van der Waals surface area contributed by atoms with Crippen LogP contribution in [0.4, 0.5) is 0 Å². The molecular formula is C22H24N6O3. The molecule has 0 unspecified atom stereocenters. The second-order valence-corrected chi connectivity index (χ2v) is 7.94. The van der Waals surface area contributed by atoms with Crippen molar-refractivity contribution in [3.8, 4) is 5.69 Å². The lowest BCUT2D eigenvalue weighted by atomic mass is 10.0. The van der Waals surface area contributed by atoms with Crippen LogP contribution in [0.3, 0.4) is 0 Å². The number of aromatic nitrogens is 2. The maximum Gasteiger partial charge on any atom is 0.340 e. The number of carbonyl (C=O) groups is 2. The quantitative estimate of drug-likeness (QED) is 0.220. The van der Waals surface area contributed by atoms with Gasteiger partial charge in [-0.1, -0.05) is 5.11 Å². The summed E-state index contributed by atoms with van der Waals surface area (Å²) < 4.78 is 6.74. The predicted octanol–water partition coefficient (Wildman–Crippen LogP) is 4.15. The van der Waals surface area contributed by atoms with Crippen molar-refractivity contribution in [2.75, 3.05) is 6.61 Å². The van der Waals surface area contributed by atoms with E-state index in [9.17, 15) is 9.59 Å². The van der Waals surface area contributed by atoms with E-state index in [1.54, 1.807) is 24.0 Å². The zero-order valence-corrected chi connectivity index (χ0v) is 17.8. The Kier molecular flexibility index (Phi) is 5.52. The van der Waals surface area contributed by atoms with Crippen LogP contribution in [0.25, 0.3) is 22.2 Å². The van der Waals surface area contributed by atoms with Gasteiger partial charge in [0.05, 0.1) is 24.8 Å².